The molecular formula is C15H19N3O2. The molecule has 1 aromatic carbocycles. The number of H-pyrrole nitrogens is 1. The van der Waals surface area contributed by atoms with E-state index in [4.69, 9.17) is 4.74 Å². The standard InChI is InChI=1S/C15H19N3O2/c1-20-13-5-4-11-8-12(17-14(11)9-13)10-16-15(19)18-6-2-3-7-18/h4-5,8-9,17H,2-3,6-7,10H2,1H3,(H,16,19). The predicted molar refractivity (Wildman–Crippen MR) is 77.9 cm³/mol. The third kappa shape index (κ3) is 2.57. The van der Waals surface area contributed by atoms with E-state index < -0.39 is 0 Å². The Balaban J connectivity index is 1.66. The average Bonchev–Trinajstić information content (AvgIpc) is 3.12. The molecule has 0 bridgehead atoms. The molecule has 0 spiro atoms. The number of hydrogen-bond donors (Lipinski definition) is 2. The van der Waals surface area contributed by atoms with Gasteiger partial charge in [0.15, 0.2) is 0 Å². The van der Waals surface area contributed by atoms with Crippen molar-refractivity contribution >= 4 is 16.9 Å². The molecule has 0 atom stereocenters. The first-order valence-electron chi connectivity index (χ1n) is 6.95. The zero-order valence-corrected chi connectivity index (χ0v) is 11.6. The molecule has 1 aromatic heterocycles. The highest BCUT2D eigenvalue weighted by Gasteiger charge is 2.17. The Hall–Kier alpha value is -2.17. The number of methoxy groups -OCH3 is 1. The van der Waals surface area contributed by atoms with Gasteiger partial charge in [0.2, 0.25) is 0 Å². The first-order chi connectivity index (χ1) is 9.76. The van der Waals surface area contributed by atoms with E-state index >= 15 is 0 Å². The fraction of sp³-hybridized carbons (Fsp3) is 0.400. The fourth-order valence-electron chi connectivity index (χ4n) is 2.59. The lowest BCUT2D eigenvalue weighted by Gasteiger charge is -2.15. The maximum absolute atomic E-state index is 11.9. The van der Waals surface area contributed by atoms with Gasteiger partial charge < -0.3 is 19.9 Å². The van der Waals surface area contributed by atoms with Gasteiger partial charge in [0.05, 0.1) is 13.7 Å². The Morgan fingerprint density at radius 2 is 2.15 bits per heavy atom. The summed E-state index contributed by atoms with van der Waals surface area (Å²) in [4.78, 5) is 17.1. The van der Waals surface area contributed by atoms with Gasteiger partial charge in [-0.1, -0.05) is 0 Å². The minimum atomic E-state index is 0.0266. The monoisotopic (exact) mass is 273 g/mol. The predicted octanol–water partition coefficient (Wildman–Crippen LogP) is 2.48. The number of rotatable bonds is 3. The summed E-state index contributed by atoms with van der Waals surface area (Å²) in [5.74, 6) is 0.826. The molecule has 1 aliphatic heterocycles. The molecule has 2 N–H and O–H groups in total. The molecule has 0 unspecified atom stereocenters. The molecular weight excluding hydrogens is 254 g/mol. The fourth-order valence-corrected chi connectivity index (χ4v) is 2.59. The molecule has 2 aromatic rings. The number of benzene rings is 1. The van der Waals surface area contributed by atoms with Crippen LogP contribution in [0.5, 0.6) is 5.75 Å². The normalized spacial score (nSPS) is 14.8. The number of ether oxygens (including phenoxy) is 1. The van der Waals surface area contributed by atoms with Gasteiger partial charge in [-0.3, -0.25) is 0 Å². The number of fused-ring (bicyclic) bond motifs is 1. The summed E-state index contributed by atoms with van der Waals surface area (Å²) in [5.41, 5.74) is 2.02. The second kappa shape index (κ2) is 5.45. The largest absolute Gasteiger partial charge is 0.497 e. The highest BCUT2D eigenvalue weighted by Crippen LogP contribution is 2.21. The summed E-state index contributed by atoms with van der Waals surface area (Å²) in [6.07, 6.45) is 2.22. The number of likely N-dealkylation sites (tertiary alicyclic amines) is 1. The molecule has 1 saturated heterocycles. The molecule has 0 aliphatic carbocycles. The number of hydrogen-bond acceptors (Lipinski definition) is 2. The molecule has 3 rings (SSSR count). The van der Waals surface area contributed by atoms with Crippen molar-refractivity contribution in [1.29, 1.82) is 0 Å². The van der Waals surface area contributed by atoms with Gasteiger partial charge in [0.1, 0.15) is 5.75 Å². The van der Waals surface area contributed by atoms with E-state index in [9.17, 15) is 4.79 Å². The number of amides is 2. The van der Waals surface area contributed by atoms with Crippen molar-refractivity contribution in [2.75, 3.05) is 20.2 Å². The van der Waals surface area contributed by atoms with Gasteiger partial charge >= 0.3 is 6.03 Å². The molecule has 2 amide bonds. The van der Waals surface area contributed by atoms with Crippen LogP contribution in [0.3, 0.4) is 0 Å². The van der Waals surface area contributed by atoms with Crippen molar-refractivity contribution < 1.29 is 9.53 Å². The van der Waals surface area contributed by atoms with Crippen molar-refractivity contribution in [3.63, 3.8) is 0 Å². The number of carbonyl (C=O) groups is 1. The minimum absolute atomic E-state index is 0.0266. The average molecular weight is 273 g/mol. The lowest BCUT2D eigenvalue weighted by Crippen LogP contribution is -2.37. The summed E-state index contributed by atoms with van der Waals surface area (Å²) < 4.78 is 5.20. The van der Waals surface area contributed by atoms with Crippen molar-refractivity contribution in [2.45, 2.75) is 19.4 Å². The van der Waals surface area contributed by atoms with E-state index in [0.717, 1.165) is 48.3 Å². The third-order valence-electron chi connectivity index (χ3n) is 3.71. The van der Waals surface area contributed by atoms with Crippen LogP contribution in [0.2, 0.25) is 0 Å². The summed E-state index contributed by atoms with van der Waals surface area (Å²) in [6, 6.07) is 7.98. The molecule has 20 heavy (non-hydrogen) atoms. The van der Waals surface area contributed by atoms with E-state index in [1.165, 1.54) is 0 Å². The number of urea groups is 1. The van der Waals surface area contributed by atoms with Crippen LogP contribution in [0.4, 0.5) is 4.79 Å². The lowest BCUT2D eigenvalue weighted by atomic mass is 10.2. The smallest absolute Gasteiger partial charge is 0.317 e. The second-order valence-corrected chi connectivity index (χ2v) is 5.10. The van der Waals surface area contributed by atoms with Crippen LogP contribution in [0.1, 0.15) is 18.5 Å². The molecule has 0 radical (unpaired) electrons. The molecule has 1 aliphatic rings. The van der Waals surface area contributed by atoms with Crippen LogP contribution >= 0.6 is 0 Å². The van der Waals surface area contributed by atoms with Crippen molar-refractivity contribution in [1.82, 2.24) is 15.2 Å². The van der Waals surface area contributed by atoms with Crippen molar-refractivity contribution in [3.8, 4) is 5.75 Å². The van der Waals surface area contributed by atoms with Crippen molar-refractivity contribution in [2.24, 2.45) is 0 Å². The van der Waals surface area contributed by atoms with E-state index in [-0.39, 0.29) is 6.03 Å². The topological polar surface area (TPSA) is 57.4 Å². The Morgan fingerprint density at radius 1 is 1.35 bits per heavy atom. The second-order valence-electron chi connectivity index (χ2n) is 5.10. The lowest BCUT2D eigenvalue weighted by molar-refractivity contribution is 0.208. The maximum Gasteiger partial charge on any atom is 0.317 e. The first-order valence-corrected chi connectivity index (χ1v) is 6.95. The van der Waals surface area contributed by atoms with Gasteiger partial charge in [-0.05, 0) is 36.4 Å². The zero-order chi connectivity index (χ0) is 13.9. The van der Waals surface area contributed by atoms with Gasteiger partial charge in [0, 0.05) is 30.4 Å². The molecule has 0 saturated carbocycles. The highest BCUT2D eigenvalue weighted by atomic mass is 16.5. The van der Waals surface area contributed by atoms with E-state index in [0.29, 0.717) is 6.54 Å². The maximum atomic E-state index is 11.9. The van der Waals surface area contributed by atoms with Gasteiger partial charge in [-0.2, -0.15) is 0 Å². The number of nitrogens with one attached hydrogen (secondary N) is 2. The van der Waals surface area contributed by atoms with Gasteiger partial charge in [0.25, 0.3) is 0 Å². The van der Waals surface area contributed by atoms with Crippen molar-refractivity contribution in [3.05, 3.63) is 30.0 Å². The Bertz CT molecular complexity index is 615. The first kappa shape index (κ1) is 12.8. The van der Waals surface area contributed by atoms with E-state index in [2.05, 4.69) is 16.4 Å². The van der Waals surface area contributed by atoms with E-state index in [1.807, 2.05) is 23.1 Å². The quantitative estimate of drug-likeness (QED) is 0.902. The molecule has 1 fully saturated rings. The van der Waals surface area contributed by atoms with Gasteiger partial charge in [-0.15, -0.1) is 0 Å². The molecule has 106 valence electrons. The Morgan fingerprint density at radius 3 is 2.90 bits per heavy atom. The summed E-state index contributed by atoms with van der Waals surface area (Å²) in [7, 11) is 1.65. The molecule has 5 nitrogen and oxygen atoms in total. The van der Waals surface area contributed by atoms with Crippen LogP contribution in [-0.4, -0.2) is 36.1 Å². The van der Waals surface area contributed by atoms with Crippen LogP contribution in [0.25, 0.3) is 10.9 Å². The number of aromatic amines is 1. The summed E-state index contributed by atoms with van der Waals surface area (Å²) in [6.45, 7) is 2.26. The van der Waals surface area contributed by atoms with Crippen LogP contribution in [0.15, 0.2) is 24.3 Å². The van der Waals surface area contributed by atoms with Crippen LogP contribution in [-0.2, 0) is 6.54 Å². The number of nitrogens with zero attached hydrogens (tertiary/aromatic N) is 1. The summed E-state index contributed by atoms with van der Waals surface area (Å²) >= 11 is 0. The number of carbonyl (C=O) groups excluding carboxylic acids is 1. The van der Waals surface area contributed by atoms with Gasteiger partial charge in [-0.25, -0.2) is 4.79 Å². The molecule has 2 heterocycles. The SMILES string of the molecule is COc1ccc2cc(CNC(=O)N3CCCC3)[nH]c2c1. The summed E-state index contributed by atoms with van der Waals surface area (Å²) in [5, 5.41) is 4.08. The molecule has 5 heteroatoms. The van der Waals surface area contributed by atoms with Crippen LogP contribution in [0, 0.1) is 0 Å². The van der Waals surface area contributed by atoms with E-state index in [1.54, 1.807) is 7.11 Å². The minimum Gasteiger partial charge on any atom is -0.497 e. The van der Waals surface area contributed by atoms with Crippen LogP contribution < -0.4 is 10.1 Å². The zero-order valence-electron chi connectivity index (χ0n) is 11.6. The Kier molecular flexibility index (Phi) is 3.50. The third-order valence-corrected chi connectivity index (χ3v) is 3.71. The number of aromatic nitrogens is 1. The highest BCUT2D eigenvalue weighted by molar-refractivity contribution is 5.82. The Labute approximate surface area is 117 Å².